The molecule has 1 aromatic carbocycles. The van der Waals surface area contributed by atoms with E-state index in [0.717, 1.165) is 45.4 Å². The molecule has 134 valence electrons. The summed E-state index contributed by atoms with van der Waals surface area (Å²) in [5.41, 5.74) is 2.67. The normalized spacial score (nSPS) is 20.2. The molecule has 1 atom stereocenters. The molecule has 3 heterocycles. The minimum atomic E-state index is 0. The quantitative estimate of drug-likeness (QED) is 0.665. The van der Waals surface area contributed by atoms with Crippen LogP contribution >= 0.6 is 24.0 Å². The van der Waals surface area contributed by atoms with Gasteiger partial charge in [-0.15, -0.1) is 24.0 Å². The van der Waals surface area contributed by atoms with Crippen LogP contribution in [0.25, 0.3) is 0 Å². The molecule has 2 aromatic rings. The summed E-state index contributed by atoms with van der Waals surface area (Å²) in [4.78, 5) is 21.1. The van der Waals surface area contributed by atoms with Crippen molar-refractivity contribution in [3.05, 3.63) is 48.0 Å². The molecule has 6 nitrogen and oxygen atoms in total. The molecule has 0 radical (unpaired) electrons. The summed E-state index contributed by atoms with van der Waals surface area (Å²) >= 11 is 0. The first kappa shape index (κ1) is 18.3. The number of hydrogen-bond donors (Lipinski definition) is 0. The lowest BCUT2D eigenvalue weighted by Gasteiger charge is -2.31. The smallest absolute Gasteiger partial charge is 0.237 e. The summed E-state index contributed by atoms with van der Waals surface area (Å²) in [6, 6.07) is 8.83. The van der Waals surface area contributed by atoms with Gasteiger partial charge in [0.05, 0.1) is 13.1 Å². The van der Waals surface area contributed by atoms with E-state index >= 15 is 0 Å². The summed E-state index contributed by atoms with van der Waals surface area (Å²) < 4.78 is 1.87. The largest absolute Gasteiger partial charge is 0.337 e. The molecule has 0 saturated carbocycles. The fraction of sp³-hybridized carbons (Fsp3) is 0.500. The molecule has 0 bridgehead atoms. The fourth-order valence-electron chi connectivity index (χ4n) is 3.84. The Bertz CT molecular complexity index is 705. The van der Waals surface area contributed by atoms with E-state index in [1.54, 1.807) is 12.7 Å². The van der Waals surface area contributed by atoms with Crippen molar-refractivity contribution in [2.75, 3.05) is 19.6 Å². The zero-order chi connectivity index (χ0) is 16.4. The van der Waals surface area contributed by atoms with Crippen molar-refractivity contribution in [3.63, 3.8) is 0 Å². The lowest BCUT2D eigenvalue weighted by Crippen LogP contribution is -2.45. The first-order valence-corrected chi connectivity index (χ1v) is 8.70. The lowest BCUT2D eigenvalue weighted by atomic mass is 10.00. The van der Waals surface area contributed by atoms with Gasteiger partial charge in [-0.1, -0.05) is 24.3 Å². The second-order valence-electron chi connectivity index (χ2n) is 6.72. The van der Waals surface area contributed by atoms with Crippen LogP contribution in [0.15, 0.2) is 36.9 Å². The molecule has 1 amide bonds. The molecular formula is C18H24IN5O. The molecule has 0 spiro atoms. The number of amides is 1. The Morgan fingerprint density at radius 1 is 1.20 bits per heavy atom. The van der Waals surface area contributed by atoms with Gasteiger partial charge in [-0.2, -0.15) is 5.10 Å². The summed E-state index contributed by atoms with van der Waals surface area (Å²) in [5, 5.41) is 4.19. The topological polar surface area (TPSA) is 54.3 Å². The highest BCUT2D eigenvalue weighted by molar-refractivity contribution is 14.0. The molecule has 1 aromatic heterocycles. The van der Waals surface area contributed by atoms with E-state index in [1.807, 2.05) is 9.58 Å². The second-order valence-corrected chi connectivity index (χ2v) is 6.72. The number of hydrogen-bond acceptors (Lipinski definition) is 4. The number of carbonyl (C=O) groups excluding carboxylic acids is 1. The van der Waals surface area contributed by atoms with Crippen LogP contribution in [0.1, 0.15) is 24.0 Å². The van der Waals surface area contributed by atoms with Crippen molar-refractivity contribution in [2.45, 2.75) is 38.4 Å². The van der Waals surface area contributed by atoms with Crippen molar-refractivity contribution in [1.29, 1.82) is 0 Å². The van der Waals surface area contributed by atoms with E-state index in [0.29, 0.717) is 12.6 Å². The van der Waals surface area contributed by atoms with Gasteiger partial charge >= 0.3 is 0 Å². The monoisotopic (exact) mass is 453 g/mol. The molecule has 1 saturated heterocycles. The Kier molecular flexibility index (Phi) is 6.06. The van der Waals surface area contributed by atoms with Gasteiger partial charge in [-0.25, -0.2) is 4.98 Å². The number of fused-ring (bicyclic) bond motifs is 1. The number of aromatic nitrogens is 3. The Morgan fingerprint density at radius 2 is 2.04 bits per heavy atom. The molecule has 1 unspecified atom stereocenters. The number of carbonyl (C=O) groups is 1. The van der Waals surface area contributed by atoms with E-state index in [2.05, 4.69) is 39.2 Å². The third-order valence-corrected chi connectivity index (χ3v) is 5.19. The summed E-state index contributed by atoms with van der Waals surface area (Å²) in [7, 11) is 0. The summed E-state index contributed by atoms with van der Waals surface area (Å²) in [5.74, 6) is 0.245. The average Bonchev–Trinajstić information content (AvgIpc) is 3.27. The second kappa shape index (κ2) is 8.27. The highest BCUT2D eigenvalue weighted by atomic mass is 127. The number of likely N-dealkylation sites (tertiary alicyclic amines) is 1. The number of halogens is 1. The van der Waals surface area contributed by atoms with Crippen molar-refractivity contribution in [2.24, 2.45) is 0 Å². The lowest BCUT2D eigenvalue weighted by molar-refractivity contribution is -0.133. The van der Waals surface area contributed by atoms with Crippen LogP contribution < -0.4 is 0 Å². The van der Waals surface area contributed by atoms with Crippen molar-refractivity contribution in [3.8, 4) is 0 Å². The highest BCUT2D eigenvalue weighted by Crippen LogP contribution is 2.21. The van der Waals surface area contributed by atoms with Crippen LogP contribution in [0, 0.1) is 0 Å². The molecule has 1 fully saturated rings. The van der Waals surface area contributed by atoms with Gasteiger partial charge in [0, 0.05) is 19.1 Å². The van der Waals surface area contributed by atoms with Crippen LogP contribution in [0.2, 0.25) is 0 Å². The van der Waals surface area contributed by atoms with E-state index in [-0.39, 0.29) is 29.9 Å². The van der Waals surface area contributed by atoms with Gasteiger partial charge in [0.1, 0.15) is 12.7 Å². The van der Waals surface area contributed by atoms with Crippen LogP contribution in [-0.4, -0.2) is 56.1 Å². The molecule has 7 heteroatoms. The van der Waals surface area contributed by atoms with Gasteiger partial charge < -0.3 is 4.90 Å². The Morgan fingerprint density at radius 3 is 2.84 bits per heavy atom. The first-order chi connectivity index (χ1) is 11.8. The van der Waals surface area contributed by atoms with E-state index in [9.17, 15) is 4.79 Å². The van der Waals surface area contributed by atoms with Gasteiger partial charge in [0.2, 0.25) is 5.91 Å². The minimum Gasteiger partial charge on any atom is -0.337 e. The van der Waals surface area contributed by atoms with Crippen molar-refractivity contribution < 1.29 is 4.79 Å². The Balaban J connectivity index is 0.00000182. The van der Waals surface area contributed by atoms with Crippen LogP contribution in [0.5, 0.6) is 0 Å². The van der Waals surface area contributed by atoms with Crippen LogP contribution in [0.3, 0.4) is 0 Å². The maximum atomic E-state index is 12.8. The molecule has 25 heavy (non-hydrogen) atoms. The molecule has 0 N–H and O–H groups in total. The maximum absolute atomic E-state index is 12.8. The predicted octanol–water partition coefficient (Wildman–Crippen LogP) is 1.95. The molecule has 2 aliphatic heterocycles. The average molecular weight is 453 g/mol. The summed E-state index contributed by atoms with van der Waals surface area (Å²) in [6.07, 6.45) is 6.55. The number of benzene rings is 1. The fourth-order valence-corrected chi connectivity index (χ4v) is 3.84. The minimum absolute atomic E-state index is 0. The Labute approximate surface area is 165 Å². The third-order valence-electron chi connectivity index (χ3n) is 5.19. The molecule has 2 aliphatic rings. The molecule has 0 aliphatic carbocycles. The van der Waals surface area contributed by atoms with E-state index < -0.39 is 0 Å². The van der Waals surface area contributed by atoms with Crippen molar-refractivity contribution in [1.82, 2.24) is 24.6 Å². The zero-order valence-corrected chi connectivity index (χ0v) is 16.6. The van der Waals surface area contributed by atoms with E-state index in [1.165, 1.54) is 11.1 Å². The highest BCUT2D eigenvalue weighted by Gasteiger charge is 2.29. The summed E-state index contributed by atoms with van der Waals surface area (Å²) in [6.45, 7) is 3.90. The zero-order valence-electron chi connectivity index (χ0n) is 14.3. The van der Waals surface area contributed by atoms with Gasteiger partial charge in [-0.3, -0.25) is 14.4 Å². The molecular weight excluding hydrogens is 429 g/mol. The molecule has 4 rings (SSSR count). The first-order valence-electron chi connectivity index (χ1n) is 8.70. The predicted molar refractivity (Wildman–Crippen MR) is 106 cm³/mol. The SMILES string of the molecule is I.O=C(CN1CCCC1Cn1cncn1)N1CCc2ccccc2C1. The van der Waals surface area contributed by atoms with Crippen LogP contribution in [0.4, 0.5) is 0 Å². The third kappa shape index (κ3) is 4.20. The van der Waals surface area contributed by atoms with Crippen molar-refractivity contribution >= 4 is 29.9 Å². The number of rotatable bonds is 4. The number of nitrogens with zero attached hydrogens (tertiary/aromatic N) is 5. The van der Waals surface area contributed by atoms with E-state index in [4.69, 9.17) is 0 Å². The Hall–Kier alpha value is -1.48. The van der Waals surface area contributed by atoms with Gasteiger partial charge in [0.25, 0.3) is 0 Å². The maximum Gasteiger partial charge on any atom is 0.237 e. The standard InChI is InChI=1S/C18H23N5O.HI/c24-18(22-9-7-15-4-1-2-5-16(15)10-22)12-21-8-3-6-17(21)11-23-14-19-13-20-23;/h1-2,4-5,13-14,17H,3,6-12H2;1H. The van der Waals surface area contributed by atoms with Gasteiger partial charge in [0.15, 0.2) is 0 Å². The van der Waals surface area contributed by atoms with Crippen LogP contribution in [-0.2, 0) is 24.3 Å². The van der Waals surface area contributed by atoms with Gasteiger partial charge in [-0.05, 0) is 36.9 Å².